The molecule has 4 aromatic rings. The normalized spacial score (nSPS) is 14.5. The van der Waals surface area contributed by atoms with Gasteiger partial charge in [0, 0.05) is 17.2 Å². The summed E-state index contributed by atoms with van der Waals surface area (Å²) in [6.45, 7) is 0.253. The summed E-state index contributed by atoms with van der Waals surface area (Å²) in [5.74, 6) is -1.53. The van der Waals surface area contributed by atoms with Gasteiger partial charge in [-0.3, -0.25) is 14.9 Å². The van der Waals surface area contributed by atoms with Gasteiger partial charge in [-0.15, -0.1) is 0 Å². The molecule has 174 valence electrons. The Bertz CT molecular complexity index is 1510. The summed E-state index contributed by atoms with van der Waals surface area (Å²) in [6.07, 6.45) is 0.324. The van der Waals surface area contributed by atoms with Gasteiger partial charge in [-0.1, -0.05) is 11.3 Å². The van der Waals surface area contributed by atoms with Crippen LogP contribution >= 0.6 is 11.3 Å². The van der Waals surface area contributed by atoms with Crippen LogP contribution < -0.4 is 14.8 Å². The maximum Gasteiger partial charge on any atom is 0.311 e. The molecule has 0 bridgehead atoms. The summed E-state index contributed by atoms with van der Waals surface area (Å²) < 4.78 is 25.4. The maximum absolute atomic E-state index is 13.4. The van der Waals surface area contributed by atoms with E-state index in [4.69, 9.17) is 9.47 Å². The fraction of sp³-hybridized carbons (Fsp3) is 0.120. The van der Waals surface area contributed by atoms with Crippen LogP contribution in [-0.4, -0.2) is 28.6 Å². The fourth-order valence-corrected chi connectivity index (χ4v) is 4.65. The van der Waals surface area contributed by atoms with E-state index in [-0.39, 0.29) is 23.7 Å². The Kier molecular flexibility index (Phi) is 5.76. The van der Waals surface area contributed by atoms with Crippen molar-refractivity contribution in [3.8, 4) is 23.3 Å². The van der Waals surface area contributed by atoms with E-state index in [1.807, 2.05) is 6.07 Å². The monoisotopic (exact) mass is 489 g/mol. The number of halogens is 1. The van der Waals surface area contributed by atoms with Crippen LogP contribution in [0.25, 0.3) is 10.2 Å². The van der Waals surface area contributed by atoms with Gasteiger partial charge in [0.25, 0.3) is 5.91 Å². The predicted molar refractivity (Wildman–Crippen MR) is 126 cm³/mol. The molecule has 0 aliphatic carbocycles. The first-order valence-corrected chi connectivity index (χ1v) is 11.3. The Balaban J connectivity index is 1.33. The summed E-state index contributed by atoms with van der Waals surface area (Å²) in [4.78, 5) is 28.4. The summed E-state index contributed by atoms with van der Waals surface area (Å²) in [5.41, 5.74) is 1.56. The third-order valence-corrected chi connectivity index (χ3v) is 6.42. The van der Waals surface area contributed by atoms with E-state index in [1.165, 1.54) is 35.6 Å². The molecule has 1 amide bonds. The molecule has 1 aliphatic heterocycles. The minimum atomic E-state index is -0.973. The molecule has 10 heteroatoms. The molecule has 1 unspecified atom stereocenters. The zero-order valence-corrected chi connectivity index (χ0v) is 18.8. The summed E-state index contributed by atoms with van der Waals surface area (Å²) in [6, 6.07) is 15.5. The molecule has 5 rings (SSSR count). The average Bonchev–Trinajstić information content (AvgIpc) is 3.24. The van der Waals surface area contributed by atoms with Crippen LogP contribution in [-0.2, 0) is 4.79 Å². The Morgan fingerprint density at radius 1 is 1.20 bits per heavy atom. The maximum atomic E-state index is 13.4. The van der Waals surface area contributed by atoms with E-state index in [2.05, 4.69) is 10.3 Å². The highest BCUT2D eigenvalue weighted by Crippen LogP contribution is 2.39. The number of carbonyl (C=O) groups is 2. The average molecular weight is 489 g/mol. The number of carboxylic acids is 1. The van der Waals surface area contributed by atoms with Crippen LogP contribution in [0.3, 0.4) is 0 Å². The van der Waals surface area contributed by atoms with Crippen LogP contribution in [0.4, 0.5) is 9.52 Å². The smallest absolute Gasteiger partial charge is 0.311 e. The summed E-state index contributed by atoms with van der Waals surface area (Å²) in [7, 11) is 0. The molecule has 0 radical (unpaired) electrons. The number of ether oxygens (including phenoxy) is 2. The van der Waals surface area contributed by atoms with Gasteiger partial charge in [0.1, 0.15) is 29.1 Å². The van der Waals surface area contributed by atoms with Gasteiger partial charge in [0.15, 0.2) is 5.13 Å². The molecule has 0 saturated carbocycles. The SMILES string of the molecule is N#Cc1cc2c(cc1Oc1ccc(C(=O)Nc3nc4ccc(F)cc4s3)cc1)OCCC2C(=O)O. The topological polar surface area (TPSA) is 122 Å². The van der Waals surface area contributed by atoms with Crippen molar-refractivity contribution in [2.24, 2.45) is 0 Å². The highest BCUT2D eigenvalue weighted by Gasteiger charge is 2.29. The second kappa shape index (κ2) is 9.04. The molecule has 8 nitrogen and oxygen atoms in total. The Morgan fingerprint density at radius 3 is 2.74 bits per heavy atom. The standard InChI is InChI=1S/C25H16FN3O5S/c26-15-3-6-19-22(10-15)35-25(28-19)29-23(30)13-1-4-16(5-2-13)34-20-11-21-18(9-14(20)12-27)17(24(31)32)7-8-33-21/h1-6,9-11,17H,7-8H2,(H,31,32)(H,28,29,30). The van der Waals surface area contributed by atoms with Crippen molar-refractivity contribution in [1.29, 1.82) is 5.26 Å². The highest BCUT2D eigenvalue weighted by atomic mass is 32.1. The third kappa shape index (κ3) is 4.49. The number of amides is 1. The number of hydrogen-bond donors (Lipinski definition) is 2. The van der Waals surface area contributed by atoms with Crippen molar-refractivity contribution >= 4 is 38.6 Å². The van der Waals surface area contributed by atoms with E-state index < -0.39 is 17.8 Å². The first-order valence-electron chi connectivity index (χ1n) is 10.5. The van der Waals surface area contributed by atoms with Crippen molar-refractivity contribution < 1.29 is 28.6 Å². The summed E-state index contributed by atoms with van der Waals surface area (Å²) in [5, 5.41) is 22.0. The quantitative estimate of drug-likeness (QED) is 0.390. The predicted octanol–water partition coefficient (Wildman–Crippen LogP) is 5.30. The summed E-state index contributed by atoms with van der Waals surface area (Å²) >= 11 is 1.17. The Morgan fingerprint density at radius 2 is 2.00 bits per heavy atom. The lowest BCUT2D eigenvalue weighted by molar-refractivity contribution is -0.139. The largest absolute Gasteiger partial charge is 0.493 e. The molecule has 2 heterocycles. The minimum absolute atomic E-state index is 0.176. The number of anilines is 1. The molecular formula is C25H16FN3O5S. The van der Waals surface area contributed by atoms with Crippen molar-refractivity contribution in [1.82, 2.24) is 4.98 Å². The molecule has 35 heavy (non-hydrogen) atoms. The van der Waals surface area contributed by atoms with Gasteiger partial charge in [-0.2, -0.15) is 5.26 Å². The molecule has 0 spiro atoms. The van der Waals surface area contributed by atoms with Crippen LogP contribution in [0.2, 0.25) is 0 Å². The first-order chi connectivity index (χ1) is 16.9. The molecule has 2 N–H and O–H groups in total. The highest BCUT2D eigenvalue weighted by molar-refractivity contribution is 7.22. The van der Waals surface area contributed by atoms with E-state index >= 15 is 0 Å². The Hall–Kier alpha value is -4.49. The van der Waals surface area contributed by atoms with Crippen molar-refractivity contribution in [2.75, 3.05) is 11.9 Å². The van der Waals surface area contributed by atoms with E-state index in [9.17, 15) is 24.3 Å². The zero-order chi connectivity index (χ0) is 24.5. The number of benzene rings is 3. The molecule has 1 aliphatic rings. The lowest BCUT2D eigenvalue weighted by atomic mass is 9.91. The van der Waals surface area contributed by atoms with Crippen molar-refractivity contribution in [3.63, 3.8) is 0 Å². The Labute approximate surface area is 202 Å². The zero-order valence-electron chi connectivity index (χ0n) is 17.9. The van der Waals surface area contributed by atoms with E-state index in [1.54, 1.807) is 30.3 Å². The van der Waals surface area contributed by atoms with Gasteiger partial charge >= 0.3 is 5.97 Å². The van der Waals surface area contributed by atoms with Crippen LogP contribution in [0.15, 0.2) is 54.6 Å². The number of aliphatic carboxylic acids is 1. The van der Waals surface area contributed by atoms with Crippen molar-refractivity contribution in [3.05, 3.63) is 77.1 Å². The number of hydrogen-bond acceptors (Lipinski definition) is 7. The lowest BCUT2D eigenvalue weighted by Gasteiger charge is -2.24. The molecule has 1 atom stereocenters. The molecular weight excluding hydrogens is 473 g/mol. The lowest BCUT2D eigenvalue weighted by Crippen LogP contribution is -2.21. The van der Waals surface area contributed by atoms with Crippen LogP contribution in [0.1, 0.15) is 33.8 Å². The number of nitrogens with zero attached hydrogens (tertiary/aromatic N) is 2. The number of aromatic nitrogens is 1. The van der Waals surface area contributed by atoms with Gasteiger partial charge in [-0.25, -0.2) is 9.37 Å². The van der Waals surface area contributed by atoms with Gasteiger partial charge in [0.05, 0.1) is 28.3 Å². The van der Waals surface area contributed by atoms with Crippen LogP contribution in [0.5, 0.6) is 17.2 Å². The second-order valence-corrected chi connectivity index (χ2v) is 8.77. The fourth-order valence-electron chi connectivity index (χ4n) is 3.77. The number of fused-ring (bicyclic) bond motifs is 2. The molecule has 0 saturated heterocycles. The van der Waals surface area contributed by atoms with Crippen molar-refractivity contribution in [2.45, 2.75) is 12.3 Å². The number of thiazole rings is 1. The molecule has 3 aromatic carbocycles. The van der Waals surface area contributed by atoms with Gasteiger partial charge < -0.3 is 14.6 Å². The molecule has 1 aromatic heterocycles. The molecule has 0 fully saturated rings. The third-order valence-electron chi connectivity index (χ3n) is 5.49. The number of rotatable bonds is 5. The van der Waals surface area contributed by atoms with Gasteiger partial charge in [-0.05, 0) is 55.0 Å². The number of nitriles is 1. The second-order valence-electron chi connectivity index (χ2n) is 7.74. The number of carboxylic acid groups (broad SMARTS) is 1. The number of nitrogens with one attached hydrogen (secondary N) is 1. The van der Waals surface area contributed by atoms with Gasteiger partial charge in [0.2, 0.25) is 0 Å². The van der Waals surface area contributed by atoms with Crippen LogP contribution in [0, 0.1) is 17.1 Å². The van der Waals surface area contributed by atoms with E-state index in [0.29, 0.717) is 44.4 Å². The first kappa shape index (κ1) is 22.3. The van der Waals surface area contributed by atoms with E-state index in [0.717, 1.165) is 0 Å². The number of carbonyl (C=O) groups excluding carboxylic acids is 1. The minimum Gasteiger partial charge on any atom is -0.493 e.